The van der Waals surface area contributed by atoms with Crippen LogP contribution in [-0.4, -0.2) is 0 Å². The van der Waals surface area contributed by atoms with Crippen LogP contribution in [0.25, 0.3) is 66.1 Å². The Balaban J connectivity index is 1.23. The van der Waals surface area contributed by atoms with Crippen molar-refractivity contribution in [2.75, 3.05) is 4.90 Å². The van der Waals surface area contributed by atoms with Crippen LogP contribution in [0.5, 0.6) is 0 Å². The van der Waals surface area contributed by atoms with Gasteiger partial charge in [0.15, 0.2) is 0 Å². The highest BCUT2D eigenvalue weighted by atomic mass is 16.3. The van der Waals surface area contributed by atoms with Crippen LogP contribution >= 0.6 is 0 Å². The standard InChI is InChI=1S/C46H31NO/c1-4-13-32(14-5-1)33-23-25-37(26-24-33)47(36-18-8-3-9-19-36)38-27-28-40(42(30-38)34-15-6-2-7-16-34)39-21-12-17-35-29-46-44(31-43(35)39)41-20-10-11-22-45(41)48-46/h1-31H. The first kappa shape index (κ1) is 27.9. The van der Waals surface area contributed by atoms with Crippen LogP contribution in [0.1, 0.15) is 0 Å². The minimum atomic E-state index is 0.913. The molecular formula is C46H31NO. The molecule has 2 nitrogen and oxygen atoms in total. The monoisotopic (exact) mass is 613 g/mol. The zero-order chi connectivity index (χ0) is 31.9. The molecule has 1 aromatic heterocycles. The summed E-state index contributed by atoms with van der Waals surface area (Å²) in [6.07, 6.45) is 0. The van der Waals surface area contributed by atoms with Crippen LogP contribution in [-0.2, 0) is 0 Å². The van der Waals surface area contributed by atoms with Gasteiger partial charge in [-0.2, -0.15) is 0 Å². The van der Waals surface area contributed by atoms with Gasteiger partial charge in [-0.15, -0.1) is 0 Å². The summed E-state index contributed by atoms with van der Waals surface area (Å²) >= 11 is 0. The Kier molecular flexibility index (Phi) is 6.84. The average molecular weight is 614 g/mol. The van der Waals surface area contributed by atoms with Gasteiger partial charge in [0.05, 0.1) is 0 Å². The molecule has 0 aliphatic carbocycles. The summed E-state index contributed by atoms with van der Waals surface area (Å²) in [5, 5.41) is 4.64. The first-order chi connectivity index (χ1) is 23.8. The van der Waals surface area contributed by atoms with Crippen molar-refractivity contribution < 1.29 is 4.42 Å². The zero-order valence-electron chi connectivity index (χ0n) is 26.3. The van der Waals surface area contributed by atoms with E-state index in [0.29, 0.717) is 0 Å². The van der Waals surface area contributed by atoms with Crippen LogP contribution in [0.4, 0.5) is 17.1 Å². The fourth-order valence-electron chi connectivity index (χ4n) is 6.95. The summed E-state index contributed by atoms with van der Waals surface area (Å²) < 4.78 is 6.25. The summed E-state index contributed by atoms with van der Waals surface area (Å²) in [5.74, 6) is 0. The maximum absolute atomic E-state index is 6.25. The summed E-state index contributed by atoms with van der Waals surface area (Å²) in [6, 6.07) is 67.0. The van der Waals surface area contributed by atoms with Crippen molar-refractivity contribution in [3.63, 3.8) is 0 Å². The Morgan fingerprint density at radius 3 is 1.71 bits per heavy atom. The van der Waals surface area contributed by atoms with Crippen LogP contribution < -0.4 is 4.90 Å². The molecule has 9 rings (SSSR count). The molecule has 0 spiro atoms. The number of benzene rings is 8. The molecule has 0 aliphatic heterocycles. The molecule has 2 heteroatoms. The molecule has 0 radical (unpaired) electrons. The molecule has 0 N–H and O–H groups in total. The molecule has 0 unspecified atom stereocenters. The van der Waals surface area contributed by atoms with E-state index in [0.717, 1.165) is 44.4 Å². The van der Waals surface area contributed by atoms with Gasteiger partial charge < -0.3 is 9.32 Å². The second kappa shape index (κ2) is 11.8. The van der Waals surface area contributed by atoms with Crippen molar-refractivity contribution in [2.45, 2.75) is 0 Å². The summed E-state index contributed by atoms with van der Waals surface area (Å²) in [4.78, 5) is 2.34. The summed E-state index contributed by atoms with van der Waals surface area (Å²) in [6.45, 7) is 0. The van der Waals surface area contributed by atoms with Gasteiger partial charge >= 0.3 is 0 Å². The van der Waals surface area contributed by atoms with E-state index in [-0.39, 0.29) is 0 Å². The highest BCUT2D eigenvalue weighted by molar-refractivity contribution is 6.13. The number of hydrogen-bond donors (Lipinski definition) is 0. The maximum Gasteiger partial charge on any atom is 0.136 e. The largest absolute Gasteiger partial charge is 0.456 e. The van der Waals surface area contributed by atoms with Crippen molar-refractivity contribution in [1.29, 1.82) is 0 Å². The molecule has 0 amide bonds. The van der Waals surface area contributed by atoms with E-state index in [9.17, 15) is 0 Å². The fourth-order valence-corrected chi connectivity index (χ4v) is 6.95. The van der Waals surface area contributed by atoms with Gasteiger partial charge in [0.1, 0.15) is 11.2 Å². The third-order valence-electron chi connectivity index (χ3n) is 9.26. The number of anilines is 3. The number of hydrogen-bond acceptors (Lipinski definition) is 2. The minimum absolute atomic E-state index is 0.913. The third kappa shape index (κ3) is 4.92. The smallest absolute Gasteiger partial charge is 0.136 e. The Hall–Kier alpha value is -6.38. The zero-order valence-corrected chi connectivity index (χ0v) is 26.3. The molecule has 48 heavy (non-hydrogen) atoms. The molecule has 0 bridgehead atoms. The second-order valence-corrected chi connectivity index (χ2v) is 12.2. The average Bonchev–Trinajstić information content (AvgIpc) is 3.53. The lowest BCUT2D eigenvalue weighted by Crippen LogP contribution is -2.10. The van der Waals surface area contributed by atoms with Crippen molar-refractivity contribution in [3.05, 3.63) is 188 Å². The quantitative estimate of drug-likeness (QED) is 0.185. The predicted octanol–water partition coefficient (Wildman–Crippen LogP) is 13.2. The number of para-hydroxylation sites is 2. The lowest BCUT2D eigenvalue weighted by molar-refractivity contribution is 0.669. The molecule has 0 atom stereocenters. The third-order valence-corrected chi connectivity index (χ3v) is 9.26. The number of furan rings is 1. The van der Waals surface area contributed by atoms with Gasteiger partial charge in [-0.3, -0.25) is 0 Å². The van der Waals surface area contributed by atoms with Gasteiger partial charge in [-0.1, -0.05) is 133 Å². The number of nitrogens with zero attached hydrogens (tertiary/aromatic N) is 1. The van der Waals surface area contributed by atoms with E-state index in [1.54, 1.807) is 0 Å². The lowest BCUT2D eigenvalue weighted by Gasteiger charge is -2.27. The van der Waals surface area contributed by atoms with Gasteiger partial charge in [-0.25, -0.2) is 0 Å². The number of rotatable bonds is 6. The van der Waals surface area contributed by atoms with E-state index in [2.05, 4.69) is 181 Å². The van der Waals surface area contributed by atoms with E-state index in [1.807, 2.05) is 12.1 Å². The molecule has 0 saturated heterocycles. The second-order valence-electron chi connectivity index (χ2n) is 12.2. The summed E-state index contributed by atoms with van der Waals surface area (Å²) in [5.41, 5.74) is 12.3. The Labute approximate surface area is 279 Å². The molecule has 1 heterocycles. The molecule has 226 valence electrons. The van der Waals surface area contributed by atoms with Crippen LogP contribution in [0, 0.1) is 0 Å². The molecule has 0 saturated carbocycles. The number of fused-ring (bicyclic) bond motifs is 4. The van der Waals surface area contributed by atoms with Gasteiger partial charge in [-0.05, 0) is 98.8 Å². The van der Waals surface area contributed by atoms with E-state index < -0.39 is 0 Å². The van der Waals surface area contributed by atoms with Crippen molar-refractivity contribution in [2.24, 2.45) is 0 Å². The predicted molar refractivity (Wildman–Crippen MR) is 202 cm³/mol. The van der Waals surface area contributed by atoms with E-state index in [4.69, 9.17) is 4.42 Å². The van der Waals surface area contributed by atoms with Crippen LogP contribution in [0.15, 0.2) is 192 Å². The minimum Gasteiger partial charge on any atom is -0.456 e. The van der Waals surface area contributed by atoms with Crippen LogP contribution in [0.2, 0.25) is 0 Å². The topological polar surface area (TPSA) is 16.4 Å². The Morgan fingerprint density at radius 2 is 0.938 bits per heavy atom. The maximum atomic E-state index is 6.25. The first-order valence-corrected chi connectivity index (χ1v) is 16.3. The molecule has 0 aliphatic rings. The van der Waals surface area contributed by atoms with E-state index in [1.165, 1.54) is 38.8 Å². The first-order valence-electron chi connectivity index (χ1n) is 16.3. The van der Waals surface area contributed by atoms with E-state index >= 15 is 0 Å². The lowest BCUT2D eigenvalue weighted by atomic mass is 9.90. The SMILES string of the molecule is c1ccc(-c2ccc(N(c3ccccc3)c3ccc(-c4cccc5cc6oc7ccccc7c6cc45)c(-c4ccccc4)c3)cc2)cc1. The highest BCUT2D eigenvalue weighted by Gasteiger charge is 2.18. The highest BCUT2D eigenvalue weighted by Crippen LogP contribution is 2.43. The Bertz CT molecular complexity index is 2530. The van der Waals surface area contributed by atoms with Gasteiger partial charge in [0, 0.05) is 27.8 Å². The van der Waals surface area contributed by atoms with Gasteiger partial charge in [0.25, 0.3) is 0 Å². The summed E-state index contributed by atoms with van der Waals surface area (Å²) in [7, 11) is 0. The van der Waals surface area contributed by atoms with Crippen LogP contribution in [0.3, 0.4) is 0 Å². The van der Waals surface area contributed by atoms with Crippen molar-refractivity contribution in [3.8, 4) is 33.4 Å². The Morgan fingerprint density at radius 1 is 0.312 bits per heavy atom. The van der Waals surface area contributed by atoms with Crippen molar-refractivity contribution in [1.82, 2.24) is 0 Å². The molecular weight excluding hydrogens is 583 g/mol. The molecule has 9 aromatic rings. The molecule has 0 fully saturated rings. The van der Waals surface area contributed by atoms with Gasteiger partial charge in [0.2, 0.25) is 0 Å². The van der Waals surface area contributed by atoms with Crippen molar-refractivity contribution >= 4 is 49.8 Å². The fraction of sp³-hybridized carbons (Fsp3) is 0. The molecule has 8 aromatic carbocycles. The normalized spacial score (nSPS) is 11.3.